The lowest BCUT2D eigenvalue weighted by Crippen LogP contribution is -2.10. The number of hydrogen-bond acceptors (Lipinski definition) is 3. The number of benzene rings is 1. The summed E-state index contributed by atoms with van der Waals surface area (Å²) in [5.41, 5.74) is 2.58. The maximum atomic E-state index is 11.6. The standard InChI is InChI=1S/C14H16N2O2/c1-15(2)11-6-8-12(9-7-11)16-10-4-5-13(16)14(17)18-3/h4-10H,1-3H3. The van der Waals surface area contributed by atoms with Crippen molar-refractivity contribution in [1.82, 2.24) is 4.57 Å². The van der Waals surface area contributed by atoms with Crippen LogP contribution in [0.25, 0.3) is 5.69 Å². The highest BCUT2D eigenvalue weighted by Crippen LogP contribution is 2.18. The summed E-state index contributed by atoms with van der Waals surface area (Å²) in [6.45, 7) is 0. The Morgan fingerprint density at radius 3 is 2.39 bits per heavy atom. The number of methoxy groups -OCH3 is 1. The van der Waals surface area contributed by atoms with E-state index in [-0.39, 0.29) is 5.97 Å². The van der Waals surface area contributed by atoms with Gasteiger partial charge in [-0.05, 0) is 36.4 Å². The second-order valence-corrected chi connectivity index (χ2v) is 4.17. The molecule has 1 aromatic heterocycles. The molecule has 0 bridgehead atoms. The van der Waals surface area contributed by atoms with E-state index in [1.165, 1.54) is 7.11 Å². The van der Waals surface area contributed by atoms with Crippen LogP contribution in [-0.4, -0.2) is 31.7 Å². The van der Waals surface area contributed by atoms with E-state index in [9.17, 15) is 4.79 Å². The second-order valence-electron chi connectivity index (χ2n) is 4.17. The monoisotopic (exact) mass is 244 g/mol. The highest BCUT2D eigenvalue weighted by atomic mass is 16.5. The number of carbonyl (C=O) groups excluding carboxylic acids is 1. The lowest BCUT2D eigenvalue weighted by molar-refractivity contribution is 0.0591. The topological polar surface area (TPSA) is 34.5 Å². The molecule has 0 fully saturated rings. The molecule has 0 radical (unpaired) electrons. The van der Waals surface area contributed by atoms with Gasteiger partial charge in [0.25, 0.3) is 0 Å². The highest BCUT2D eigenvalue weighted by Gasteiger charge is 2.11. The Hall–Kier alpha value is -2.23. The van der Waals surface area contributed by atoms with Crippen LogP contribution in [0.15, 0.2) is 42.6 Å². The molecule has 0 atom stereocenters. The molecule has 0 aliphatic rings. The lowest BCUT2D eigenvalue weighted by atomic mass is 10.2. The average molecular weight is 244 g/mol. The summed E-state index contributed by atoms with van der Waals surface area (Å²) >= 11 is 0. The van der Waals surface area contributed by atoms with Gasteiger partial charge < -0.3 is 14.2 Å². The van der Waals surface area contributed by atoms with Crippen LogP contribution in [0.4, 0.5) is 5.69 Å². The summed E-state index contributed by atoms with van der Waals surface area (Å²) in [5.74, 6) is -0.336. The fraction of sp³-hybridized carbons (Fsp3) is 0.214. The smallest absolute Gasteiger partial charge is 0.355 e. The average Bonchev–Trinajstić information content (AvgIpc) is 2.87. The van der Waals surface area contributed by atoms with E-state index < -0.39 is 0 Å². The first-order valence-electron chi connectivity index (χ1n) is 5.67. The largest absolute Gasteiger partial charge is 0.464 e. The Morgan fingerprint density at radius 1 is 1.17 bits per heavy atom. The number of aromatic nitrogens is 1. The minimum atomic E-state index is -0.336. The molecule has 0 spiro atoms. The number of carbonyl (C=O) groups is 1. The van der Waals surface area contributed by atoms with Crippen LogP contribution in [-0.2, 0) is 4.74 Å². The molecule has 0 aliphatic carbocycles. The van der Waals surface area contributed by atoms with Crippen LogP contribution >= 0.6 is 0 Å². The van der Waals surface area contributed by atoms with Crippen molar-refractivity contribution < 1.29 is 9.53 Å². The molecule has 1 heterocycles. The fourth-order valence-corrected chi connectivity index (χ4v) is 1.79. The number of hydrogen-bond donors (Lipinski definition) is 0. The zero-order valence-corrected chi connectivity index (χ0v) is 10.8. The van der Waals surface area contributed by atoms with Gasteiger partial charge in [-0.25, -0.2) is 4.79 Å². The van der Waals surface area contributed by atoms with Crippen molar-refractivity contribution in [3.8, 4) is 5.69 Å². The maximum absolute atomic E-state index is 11.6. The predicted molar refractivity (Wildman–Crippen MR) is 71.4 cm³/mol. The third kappa shape index (κ3) is 2.22. The van der Waals surface area contributed by atoms with Crippen molar-refractivity contribution in [3.63, 3.8) is 0 Å². The van der Waals surface area contributed by atoms with Crippen LogP contribution in [0.1, 0.15) is 10.5 Å². The van der Waals surface area contributed by atoms with E-state index in [2.05, 4.69) is 0 Å². The summed E-state index contributed by atoms with van der Waals surface area (Å²) in [6, 6.07) is 11.5. The molecule has 2 rings (SSSR count). The van der Waals surface area contributed by atoms with Crippen LogP contribution < -0.4 is 4.90 Å². The van der Waals surface area contributed by atoms with Crippen molar-refractivity contribution in [2.24, 2.45) is 0 Å². The first kappa shape index (κ1) is 12.2. The predicted octanol–water partition coefficient (Wildman–Crippen LogP) is 2.33. The molecule has 2 aromatic rings. The van der Waals surface area contributed by atoms with Gasteiger partial charge in [0.2, 0.25) is 0 Å². The second kappa shape index (κ2) is 4.96. The number of nitrogens with zero attached hydrogens (tertiary/aromatic N) is 2. The number of ether oxygens (including phenoxy) is 1. The van der Waals surface area contributed by atoms with Crippen LogP contribution in [0, 0.1) is 0 Å². The van der Waals surface area contributed by atoms with Crippen molar-refractivity contribution >= 4 is 11.7 Å². The number of esters is 1. The van der Waals surface area contributed by atoms with Crippen molar-refractivity contribution in [3.05, 3.63) is 48.3 Å². The molecule has 1 aromatic carbocycles. The molecule has 4 heteroatoms. The van der Waals surface area contributed by atoms with Crippen LogP contribution in [0.3, 0.4) is 0 Å². The number of rotatable bonds is 3. The molecule has 94 valence electrons. The summed E-state index contributed by atoms with van der Waals surface area (Å²) in [7, 11) is 5.36. The minimum absolute atomic E-state index is 0.336. The van der Waals surface area contributed by atoms with E-state index in [0.717, 1.165) is 11.4 Å². The molecular formula is C14H16N2O2. The van der Waals surface area contributed by atoms with Crippen molar-refractivity contribution in [2.45, 2.75) is 0 Å². The van der Waals surface area contributed by atoms with Gasteiger partial charge >= 0.3 is 5.97 Å². The van der Waals surface area contributed by atoms with E-state index in [1.54, 1.807) is 6.07 Å². The van der Waals surface area contributed by atoms with E-state index in [0.29, 0.717) is 5.69 Å². The van der Waals surface area contributed by atoms with Gasteiger partial charge in [0.1, 0.15) is 5.69 Å². The molecule has 0 N–H and O–H groups in total. The fourth-order valence-electron chi connectivity index (χ4n) is 1.79. The van der Waals surface area contributed by atoms with E-state index >= 15 is 0 Å². The Labute approximate surface area is 106 Å². The molecular weight excluding hydrogens is 228 g/mol. The van der Waals surface area contributed by atoms with Gasteiger partial charge in [0.15, 0.2) is 0 Å². The summed E-state index contributed by atoms with van der Waals surface area (Å²) < 4.78 is 6.56. The first-order valence-corrected chi connectivity index (χ1v) is 5.67. The SMILES string of the molecule is COC(=O)c1cccn1-c1ccc(N(C)C)cc1. The maximum Gasteiger partial charge on any atom is 0.355 e. The first-order chi connectivity index (χ1) is 8.63. The quantitative estimate of drug-likeness (QED) is 0.777. The lowest BCUT2D eigenvalue weighted by Gasteiger charge is -2.13. The van der Waals surface area contributed by atoms with Crippen LogP contribution in [0.5, 0.6) is 0 Å². The Bertz CT molecular complexity index is 541. The van der Waals surface area contributed by atoms with Crippen molar-refractivity contribution in [2.75, 3.05) is 26.1 Å². The normalized spacial score (nSPS) is 10.2. The third-order valence-electron chi connectivity index (χ3n) is 2.79. The summed E-state index contributed by atoms with van der Waals surface area (Å²) in [6.07, 6.45) is 1.84. The van der Waals surface area contributed by atoms with Gasteiger partial charge in [0.05, 0.1) is 7.11 Å². The zero-order chi connectivity index (χ0) is 13.1. The molecule has 0 saturated heterocycles. The van der Waals surface area contributed by atoms with E-state index in [4.69, 9.17) is 4.74 Å². The highest BCUT2D eigenvalue weighted by molar-refractivity contribution is 5.88. The van der Waals surface area contributed by atoms with Gasteiger partial charge in [-0.1, -0.05) is 0 Å². The zero-order valence-electron chi connectivity index (χ0n) is 10.8. The van der Waals surface area contributed by atoms with Gasteiger partial charge in [0, 0.05) is 31.7 Å². The van der Waals surface area contributed by atoms with Gasteiger partial charge in [-0.2, -0.15) is 0 Å². The van der Waals surface area contributed by atoms with Crippen molar-refractivity contribution in [1.29, 1.82) is 0 Å². The minimum Gasteiger partial charge on any atom is -0.464 e. The summed E-state index contributed by atoms with van der Waals surface area (Å²) in [5, 5.41) is 0. The molecule has 0 saturated carbocycles. The molecule has 18 heavy (non-hydrogen) atoms. The van der Waals surface area contributed by atoms with Crippen LogP contribution in [0.2, 0.25) is 0 Å². The van der Waals surface area contributed by atoms with Gasteiger partial charge in [-0.3, -0.25) is 0 Å². The molecule has 0 aliphatic heterocycles. The van der Waals surface area contributed by atoms with Gasteiger partial charge in [-0.15, -0.1) is 0 Å². The number of anilines is 1. The molecule has 0 amide bonds. The molecule has 4 nitrogen and oxygen atoms in total. The Balaban J connectivity index is 2.37. The third-order valence-corrected chi connectivity index (χ3v) is 2.79. The summed E-state index contributed by atoms with van der Waals surface area (Å²) in [4.78, 5) is 13.6. The molecule has 0 unspecified atom stereocenters. The Morgan fingerprint density at radius 2 is 1.83 bits per heavy atom. The van der Waals surface area contributed by atoms with E-state index in [1.807, 2.05) is 60.1 Å². The Kier molecular flexibility index (Phi) is 3.37.